The second-order valence-corrected chi connectivity index (χ2v) is 9.60. The summed E-state index contributed by atoms with van der Waals surface area (Å²) >= 11 is 12.1. The van der Waals surface area contributed by atoms with Crippen molar-refractivity contribution in [2.24, 2.45) is 0 Å². The Bertz CT molecular complexity index is 865. The van der Waals surface area contributed by atoms with Crippen molar-refractivity contribution in [2.45, 2.75) is 63.5 Å². The number of aliphatic hydroxyl groups is 1. The Morgan fingerprint density at radius 2 is 1.69 bits per heavy atom. The fraction of sp³-hybridized carbons (Fsp3) is 0.500. The number of carbonyl (C=O) groups excluding carboxylic acids is 1. The van der Waals surface area contributed by atoms with Gasteiger partial charge in [0.2, 0.25) is 5.91 Å². The molecule has 0 bridgehead atoms. The minimum absolute atomic E-state index is 0.127. The van der Waals surface area contributed by atoms with Crippen molar-refractivity contribution in [3.05, 3.63) is 69.2 Å². The van der Waals surface area contributed by atoms with Crippen LogP contribution >= 0.6 is 23.2 Å². The summed E-state index contributed by atoms with van der Waals surface area (Å²) in [6.45, 7) is 2.06. The molecule has 0 atom stereocenters. The van der Waals surface area contributed by atoms with Crippen LogP contribution in [-0.4, -0.2) is 42.2 Å². The summed E-state index contributed by atoms with van der Waals surface area (Å²) in [6, 6.07) is 14.6. The Kier molecular flexibility index (Phi) is 9.86. The summed E-state index contributed by atoms with van der Waals surface area (Å²) in [5.41, 5.74) is 3.59. The minimum atomic E-state index is 0.127. The summed E-state index contributed by atoms with van der Waals surface area (Å²) in [6.07, 6.45) is 6.47. The average molecular weight is 477 g/mol. The summed E-state index contributed by atoms with van der Waals surface area (Å²) < 4.78 is 0. The van der Waals surface area contributed by atoms with E-state index in [0.717, 1.165) is 57.2 Å². The van der Waals surface area contributed by atoms with E-state index in [9.17, 15) is 4.79 Å². The molecule has 1 fully saturated rings. The van der Waals surface area contributed by atoms with Crippen LogP contribution in [-0.2, 0) is 17.8 Å². The topological polar surface area (TPSA) is 52.6 Å². The number of carbonyl (C=O) groups is 1. The molecule has 6 heteroatoms. The normalized spacial score (nSPS) is 18.5. The third kappa shape index (κ3) is 7.21. The average Bonchev–Trinajstić information content (AvgIpc) is 2.81. The van der Waals surface area contributed by atoms with E-state index >= 15 is 0 Å². The molecule has 2 N–H and O–H groups in total. The van der Waals surface area contributed by atoms with Gasteiger partial charge in [-0.05, 0) is 79.8 Å². The van der Waals surface area contributed by atoms with Gasteiger partial charge in [0.25, 0.3) is 0 Å². The first-order valence-electron chi connectivity index (χ1n) is 11.6. The molecular weight excluding hydrogens is 443 g/mol. The highest BCUT2D eigenvalue weighted by Crippen LogP contribution is 2.35. The van der Waals surface area contributed by atoms with Crippen molar-refractivity contribution in [1.82, 2.24) is 10.2 Å². The largest absolute Gasteiger partial charge is 0.396 e. The zero-order chi connectivity index (χ0) is 22.9. The Hall–Kier alpha value is -1.59. The first kappa shape index (κ1) is 25.0. The first-order valence-corrected chi connectivity index (χ1v) is 12.3. The maximum Gasteiger partial charge on any atom is 0.226 e. The van der Waals surface area contributed by atoms with Crippen molar-refractivity contribution in [1.29, 1.82) is 0 Å². The van der Waals surface area contributed by atoms with Crippen LogP contribution < -0.4 is 5.32 Å². The van der Waals surface area contributed by atoms with Gasteiger partial charge < -0.3 is 15.3 Å². The van der Waals surface area contributed by atoms with Crippen LogP contribution in [0.15, 0.2) is 42.5 Å². The molecule has 1 saturated carbocycles. The maximum atomic E-state index is 12.8. The molecule has 0 saturated heterocycles. The number of rotatable bonds is 10. The second kappa shape index (κ2) is 12.6. The fourth-order valence-corrected chi connectivity index (χ4v) is 4.77. The van der Waals surface area contributed by atoms with Gasteiger partial charge in [0, 0.05) is 26.2 Å². The van der Waals surface area contributed by atoms with Crippen molar-refractivity contribution in [2.75, 3.05) is 20.2 Å². The highest BCUT2D eigenvalue weighted by molar-refractivity contribution is 6.42. The molecule has 0 radical (unpaired) electrons. The molecule has 174 valence electrons. The third-order valence-electron chi connectivity index (χ3n) is 6.52. The van der Waals surface area contributed by atoms with E-state index in [-0.39, 0.29) is 12.5 Å². The molecule has 0 spiro atoms. The smallest absolute Gasteiger partial charge is 0.226 e. The predicted molar refractivity (Wildman–Crippen MR) is 132 cm³/mol. The van der Waals surface area contributed by atoms with Crippen molar-refractivity contribution >= 4 is 29.1 Å². The van der Waals surface area contributed by atoms with Crippen molar-refractivity contribution < 1.29 is 9.90 Å². The number of unbranched alkanes of at least 4 members (excludes halogenated alkanes) is 1. The van der Waals surface area contributed by atoms with E-state index in [1.165, 1.54) is 11.1 Å². The van der Waals surface area contributed by atoms with Crippen LogP contribution in [0.3, 0.4) is 0 Å². The molecule has 0 aliphatic heterocycles. The van der Waals surface area contributed by atoms with Gasteiger partial charge in [0.15, 0.2) is 0 Å². The van der Waals surface area contributed by atoms with Crippen LogP contribution in [0.2, 0.25) is 10.0 Å². The second-order valence-electron chi connectivity index (χ2n) is 8.78. The molecule has 1 amide bonds. The lowest BCUT2D eigenvalue weighted by Gasteiger charge is -2.35. The minimum Gasteiger partial charge on any atom is -0.396 e. The standard InChI is InChI=1S/C26H34Cl2N2O2/c1-30(26(32)17-20-6-13-24(27)25(28)16-20)23-11-9-22(10-12-23)21-7-4-19(5-8-21)18-29-14-2-3-15-31/h4-8,13,16,22-23,29,31H,2-3,9-12,14-15,17-18H2,1H3. The summed E-state index contributed by atoms with van der Waals surface area (Å²) in [5.74, 6) is 0.694. The van der Waals surface area contributed by atoms with E-state index in [0.29, 0.717) is 28.4 Å². The number of benzene rings is 2. The number of hydrogen-bond donors (Lipinski definition) is 2. The van der Waals surface area contributed by atoms with Gasteiger partial charge in [-0.1, -0.05) is 53.5 Å². The molecule has 3 rings (SSSR count). The van der Waals surface area contributed by atoms with Crippen LogP contribution in [0.1, 0.15) is 61.1 Å². The number of halogens is 2. The molecule has 4 nitrogen and oxygen atoms in total. The highest BCUT2D eigenvalue weighted by atomic mass is 35.5. The van der Waals surface area contributed by atoms with Crippen LogP contribution in [0.25, 0.3) is 0 Å². The summed E-state index contributed by atoms with van der Waals surface area (Å²) in [4.78, 5) is 14.7. The Balaban J connectivity index is 1.44. The van der Waals surface area contributed by atoms with Crippen LogP contribution in [0.5, 0.6) is 0 Å². The Labute approximate surface area is 201 Å². The molecular formula is C26H34Cl2N2O2. The number of hydrogen-bond acceptors (Lipinski definition) is 3. The van der Waals surface area contributed by atoms with E-state index in [4.69, 9.17) is 28.3 Å². The summed E-state index contributed by atoms with van der Waals surface area (Å²) in [7, 11) is 1.92. The van der Waals surface area contributed by atoms with Gasteiger partial charge in [-0.25, -0.2) is 0 Å². The number of amides is 1. The van der Waals surface area contributed by atoms with Crippen molar-refractivity contribution in [3.63, 3.8) is 0 Å². The quantitative estimate of drug-likeness (QED) is 0.439. The fourth-order valence-electron chi connectivity index (χ4n) is 4.45. The van der Waals surface area contributed by atoms with Gasteiger partial charge in [-0.2, -0.15) is 0 Å². The molecule has 0 heterocycles. The monoisotopic (exact) mass is 476 g/mol. The van der Waals surface area contributed by atoms with Gasteiger partial charge in [-0.15, -0.1) is 0 Å². The first-order chi connectivity index (χ1) is 15.5. The van der Waals surface area contributed by atoms with Gasteiger partial charge in [-0.3, -0.25) is 4.79 Å². The number of nitrogens with one attached hydrogen (secondary N) is 1. The molecule has 0 unspecified atom stereocenters. The zero-order valence-corrected chi connectivity index (χ0v) is 20.3. The molecule has 1 aliphatic carbocycles. The summed E-state index contributed by atoms with van der Waals surface area (Å²) in [5, 5.41) is 13.3. The Morgan fingerprint density at radius 1 is 1.00 bits per heavy atom. The van der Waals surface area contributed by atoms with E-state index in [2.05, 4.69) is 29.6 Å². The zero-order valence-electron chi connectivity index (χ0n) is 18.8. The van der Waals surface area contributed by atoms with E-state index in [1.807, 2.05) is 18.0 Å². The lowest BCUT2D eigenvalue weighted by atomic mass is 9.81. The van der Waals surface area contributed by atoms with Gasteiger partial charge in [0.1, 0.15) is 0 Å². The van der Waals surface area contributed by atoms with E-state index < -0.39 is 0 Å². The molecule has 2 aromatic rings. The molecule has 32 heavy (non-hydrogen) atoms. The van der Waals surface area contributed by atoms with Crippen molar-refractivity contribution in [3.8, 4) is 0 Å². The molecule has 2 aromatic carbocycles. The van der Waals surface area contributed by atoms with Gasteiger partial charge >= 0.3 is 0 Å². The Morgan fingerprint density at radius 3 is 2.34 bits per heavy atom. The highest BCUT2D eigenvalue weighted by Gasteiger charge is 2.27. The maximum absolute atomic E-state index is 12.8. The third-order valence-corrected chi connectivity index (χ3v) is 7.26. The van der Waals surface area contributed by atoms with Gasteiger partial charge in [0.05, 0.1) is 16.5 Å². The molecule has 0 aromatic heterocycles. The van der Waals surface area contributed by atoms with Crippen LogP contribution in [0, 0.1) is 0 Å². The molecule has 1 aliphatic rings. The number of likely N-dealkylation sites (N-methyl/N-ethyl adjacent to an activating group) is 1. The SMILES string of the molecule is CN(C(=O)Cc1ccc(Cl)c(Cl)c1)C1CCC(c2ccc(CNCCCCO)cc2)CC1. The van der Waals surface area contributed by atoms with Crippen LogP contribution in [0.4, 0.5) is 0 Å². The predicted octanol–water partition coefficient (Wildman–Crippen LogP) is 5.58. The lowest BCUT2D eigenvalue weighted by Crippen LogP contribution is -2.40. The number of nitrogens with zero attached hydrogens (tertiary/aromatic N) is 1. The van der Waals surface area contributed by atoms with E-state index in [1.54, 1.807) is 12.1 Å². The lowest BCUT2D eigenvalue weighted by molar-refractivity contribution is -0.131. The number of aliphatic hydroxyl groups excluding tert-OH is 1.